The number of aromatic nitrogens is 1. The zero-order chi connectivity index (χ0) is 13.0. The summed E-state index contributed by atoms with van der Waals surface area (Å²) in [6.07, 6.45) is 5.67. The molecule has 1 aromatic rings. The molecule has 1 aliphatic heterocycles. The van der Waals surface area contributed by atoms with Gasteiger partial charge in [-0.1, -0.05) is 0 Å². The second-order valence-corrected chi connectivity index (χ2v) is 5.37. The van der Waals surface area contributed by atoms with Crippen molar-refractivity contribution in [2.75, 3.05) is 44.4 Å². The first-order valence-corrected chi connectivity index (χ1v) is 6.73. The predicted octanol–water partition coefficient (Wildman–Crippen LogP) is 2.04. The quantitative estimate of drug-likeness (QED) is 0.887. The largest absolute Gasteiger partial charge is 0.381 e. The molecule has 0 saturated carbocycles. The van der Waals surface area contributed by atoms with Crippen LogP contribution < -0.4 is 10.2 Å². The molecule has 0 amide bonds. The van der Waals surface area contributed by atoms with Crippen LogP contribution in [0.15, 0.2) is 18.3 Å². The SMILES string of the molecule is CN1CCCC(Nc2ccc(N(C)C)nc2)CC1. The van der Waals surface area contributed by atoms with Gasteiger partial charge in [-0.3, -0.25) is 0 Å². The number of likely N-dealkylation sites (tertiary alicyclic amines) is 1. The van der Waals surface area contributed by atoms with Gasteiger partial charge in [-0.05, 0) is 51.5 Å². The maximum absolute atomic E-state index is 4.44. The Morgan fingerprint density at radius 2 is 2.11 bits per heavy atom. The van der Waals surface area contributed by atoms with Crippen LogP contribution in [-0.4, -0.2) is 50.2 Å². The fourth-order valence-corrected chi connectivity index (χ4v) is 2.36. The second kappa shape index (κ2) is 6.05. The number of hydrogen-bond acceptors (Lipinski definition) is 4. The maximum Gasteiger partial charge on any atom is 0.128 e. The highest BCUT2D eigenvalue weighted by Crippen LogP contribution is 2.17. The summed E-state index contributed by atoms with van der Waals surface area (Å²) in [6, 6.07) is 4.77. The van der Waals surface area contributed by atoms with Gasteiger partial charge >= 0.3 is 0 Å². The first-order valence-electron chi connectivity index (χ1n) is 6.73. The van der Waals surface area contributed by atoms with Gasteiger partial charge in [0.05, 0.1) is 11.9 Å². The van der Waals surface area contributed by atoms with E-state index in [0.717, 1.165) is 11.5 Å². The van der Waals surface area contributed by atoms with Crippen molar-refractivity contribution in [1.29, 1.82) is 0 Å². The normalized spacial score (nSPS) is 21.4. The van der Waals surface area contributed by atoms with Crippen molar-refractivity contribution in [3.63, 3.8) is 0 Å². The Bertz CT molecular complexity index is 361. The smallest absolute Gasteiger partial charge is 0.128 e. The number of nitrogens with one attached hydrogen (secondary N) is 1. The molecule has 100 valence electrons. The Kier molecular flexibility index (Phi) is 4.42. The van der Waals surface area contributed by atoms with Gasteiger partial charge in [0.1, 0.15) is 5.82 Å². The number of anilines is 2. The Morgan fingerprint density at radius 1 is 1.28 bits per heavy atom. The van der Waals surface area contributed by atoms with E-state index in [1.807, 2.05) is 25.2 Å². The Hall–Kier alpha value is -1.29. The first kappa shape index (κ1) is 13.1. The van der Waals surface area contributed by atoms with Gasteiger partial charge in [-0.25, -0.2) is 4.98 Å². The Balaban J connectivity index is 1.92. The third kappa shape index (κ3) is 3.60. The van der Waals surface area contributed by atoms with Crippen molar-refractivity contribution in [3.05, 3.63) is 18.3 Å². The molecule has 4 nitrogen and oxygen atoms in total. The van der Waals surface area contributed by atoms with Crippen molar-refractivity contribution in [2.45, 2.75) is 25.3 Å². The molecule has 1 atom stereocenters. The summed E-state index contributed by atoms with van der Waals surface area (Å²) in [4.78, 5) is 8.87. The van der Waals surface area contributed by atoms with Crippen LogP contribution in [0.2, 0.25) is 0 Å². The van der Waals surface area contributed by atoms with E-state index < -0.39 is 0 Å². The van der Waals surface area contributed by atoms with Crippen molar-refractivity contribution in [3.8, 4) is 0 Å². The first-order chi connectivity index (χ1) is 8.65. The minimum atomic E-state index is 0.585. The van der Waals surface area contributed by atoms with Gasteiger partial charge in [0.15, 0.2) is 0 Å². The van der Waals surface area contributed by atoms with Gasteiger partial charge in [-0.15, -0.1) is 0 Å². The van der Waals surface area contributed by atoms with E-state index in [1.165, 1.54) is 32.4 Å². The zero-order valence-corrected chi connectivity index (χ0v) is 11.7. The van der Waals surface area contributed by atoms with E-state index >= 15 is 0 Å². The molecule has 0 aromatic carbocycles. The van der Waals surface area contributed by atoms with E-state index in [9.17, 15) is 0 Å². The monoisotopic (exact) mass is 248 g/mol. The Labute approximate surface area is 110 Å². The van der Waals surface area contributed by atoms with Gasteiger partial charge < -0.3 is 15.1 Å². The number of nitrogens with zero attached hydrogens (tertiary/aromatic N) is 3. The van der Waals surface area contributed by atoms with E-state index in [4.69, 9.17) is 0 Å². The highest BCUT2D eigenvalue weighted by Gasteiger charge is 2.14. The van der Waals surface area contributed by atoms with E-state index in [2.05, 4.69) is 34.4 Å². The number of hydrogen-bond donors (Lipinski definition) is 1. The summed E-state index contributed by atoms with van der Waals surface area (Å²) in [5.41, 5.74) is 1.13. The fraction of sp³-hybridized carbons (Fsp3) is 0.643. The van der Waals surface area contributed by atoms with Crippen LogP contribution >= 0.6 is 0 Å². The summed E-state index contributed by atoms with van der Waals surface area (Å²) in [5, 5.41) is 3.60. The summed E-state index contributed by atoms with van der Waals surface area (Å²) in [5.74, 6) is 1.00. The molecule has 1 N–H and O–H groups in total. The van der Waals surface area contributed by atoms with Crippen molar-refractivity contribution < 1.29 is 0 Å². The molecule has 2 heterocycles. The molecule has 2 rings (SSSR count). The van der Waals surface area contributed by atoms with Crippen LogP contribution in [-0.2, 0) is 0 Å². The molecule has 0 spiro atoms. The summed E-state index contributed by atoms with van der Waals surface area (Å²) in [7, 11) is 6.23. The van der Waals surface area contributed by atoms with E-state index in [-0.39, 0.29) is 0 Å². The molecule has 1 aromatic heterocycles. The van der Waals surface area contributed by atoms with Crippen LogP contribution in [0.1, 0.15) is 19.3 Å². The topological polar surface area (TPSA) is 31.4 Å². The average molecular weight is 248 g/mol. The lowest BCUT2D eigenvalue weighted by Gasteiger charge is -2.18. The Morgan fingerprint density at radius 3 is 2.78 bits per heavy atom. The number of pyridine rings is 1. The predicted molar refractivity (Wildman–Crippen MR) is 77.3 cm³/mol. The van der Waals surface area contributed by atoms with Gasteiger partial charge in [0, 0.05) is 20.1 Å². The minimum absolute atomic E-state index is 0.585. The molecule has 18 heavy (non-hydrogen) atoms. The van der Waals surface area contributed by atoms with Gasteiger partial charge in [-0.2, -0.15) is 0 Å². The average Bonchev–Trinajstić information content (AvgIpc) is 2.55. The molecular formula is C14H24N4. The summed E-state index contributed by atoms with van der Waals surface area (Å²) in [6.45, 7) is 2.40. The van der Waals surface area contributed by atoms with Crippen LogP contribution in [0.3, 0.4) is 0 Å². The van der Waals surface area contributed by atoms with Crippen molar-refractivity contribution in [1.82, 2.24) is 9.88 Å². The number of rotatable bonds is 3. The third-order valence-corrected chi connectivity index (χ3v) is 3.53. The minimum Gasteiger partial charge on any atom is -0.381 e. The molecule has 0 radical (unpaired) electrons. The van der Waals surface area contributed by atoms with Gasteiger partial charge in [0.25, 0.3) is 0 Å². The summed E-state index contributed by atoms with van der Waals surface area (Å²) < 4.78 is 0. The molecular weight excluding hydrogens is 224 g/mol. The molecule has 1 fully saturated rings. The molecule has 1 unspecified atom stereocenters. The molecule has 1 aliphatic rings. The molecule has 1 saturated heterocycles. The second-order valence-electron chi connectivity index (χ2n) is 5.37. The lowest BCUT2D eigenvalue weighted by atomic mass is 10.1. The summed E-state index contributed by atoms with van der Waals surface area (Å²) >= 11 is 0. The third-order valence-electron chi connectivity index (χ3n) is 3.53. The standard InChI is InChI=1S/C14H24N4/c1-17(2)14-7-6-13(11-15-14)16-12-5-4-9-18(3)10-8-12/h6-7,11-12,16H,4-5,8-10H2,1-3H3. The van der Waals surface area contributed by atoms with Crippen molar-refractivity contribution in [2.24, 2.45) is 0 Å². The lowest BCUT2D eigenvalue weighted by molar-refractivity contribution is 0.348. The molecule has 0 bridgehead atoms. The van der Waals surface area contributed by atoms with E-state index in [0.29, 0.717) is 6.04 Å². The van der Waals surface area contributed by atoms with Crippen LogP contribution in [0, 0.1) is 0 Å². The van der Waals surface area contributed by atoms with Gasteiger partial charge in [0.2, 0.25) is 0 Å². The van der Waals surface area contributed by atoms with E-state index in [1.54, 1.807) is 0 Å². The van der Waals surface area contributed by atoms with Crippen molar-refractivity contribution >= 4 is 11.5 Å². The lowest BCUT2D eigenvalue weighted by Crippen LogP contribution is -2.23. The fourth-order valence-electron chi connectivity index (χ4n) is 2.36. The van der Waals surface area contributed by atoms with Crippen LogP contribution in [0.4, 0.5) is 11.5 Å². The maximum atomic E-state index is 4.44. The zero-order valence-electron chi connectivity index (χ0n) is 11.7. The highest BCUT2D eigenvalue weighted by molar-refractivity contribution is 5.48. The van der Waals surface area contributed by atoms with Crippen LogP contribution in [0.25, 0.3) is 0 Å². The highest BCUT2D eigenvalue weighted by atomic mass is 15.1. The molecule has 0 aliphatic carbocycles. The van der Waals surface area contributed by atoms with Crippen LogP contribution in [0.5, 0.6) is 0 Å². The molecule has 4 heteroatoms.